The lowest BCUT2D eigenvalue weighted by atomic mass is 10.2. The normalized spacial score (nSPS) is 27.4. The average Bonchev–Trinajstić information content (AvgIpc) is 2.30. The zero-order chi connectivity index (χ0) is 10.8. The smallest absolute Gasteiger partial charge is 0.407 e. The number of alkyl carbamates (subject to hydrolysis) is 1. The predicted molar refractivity (Wildman–Crippen MR) is 51.8 cm³/mol. The van der Waals surface area contributed by atoms with Crippen molar-refractivity contribution in [2.45, 2.75) is 45.1 Å². The van der Waals surface area contributed by atoms with Crippen molar-refractivity contribution in [1.82, 2.24) is 10.6 Å². The first-order valence-electron chi connectivity index (χ1n) is 4.78. The third-order valence-corrected chi connectivity index (χ3v) is 1.83. The van der Waals surface area contributed by atoms with Gasteiger partial charge in [0.2, 0.25) is 0 Å². The van der Waals surface area contributed by atoms with E-state index in [1.807, 2.05) is 20.8 Å². The highest BCUT2D eigenvalue weighted by Crippen LogP contribution is 2.08. The van der Waals surface area contributed by atoms with Crippen LogP contribution in [0, 0.1) is 0 Å². The third-order valence-electron chi connectivity index (χ3n) is 1.83. The van der Waals surface area contributed by atoms with E-state index >= 15 is 0 Å². The number of amides is 1. The van der Waals surface area contributed by atoms with Gasteiger partial charge >= 0.3 is 6.09 Å². The highest BCUT2D eigenvalue weighted by molar-refractivity contribution is 5.68. The molecule has 1 aliphatic rings. The van der Waals surface area contributed by atoms with E-state index in [0.29, 0.717) is 13.0 Å². The molecule has 0 aliphatic carbocycles. The van der Waals surface area contributed by atoms with Crippen molar-refractivity contribution in [2.75, 3.05) is 6.54 Å². The summed E-state index contributed by atoms with van der Waals surface area (Å²) in [7, 11) is 0. The van der Waals surface area contributed by atoms with E-state index < -0.39 is 17.9 Å². The summed E-state index contributed by atoms with van der Waals surface area (Å²) in [6.45, 7) is 6.03. The molecule has 1 rings (SSSR count). The zero-order valence-electron chi connectivity index (χ0n) is 8.83. The average molecular weight is 202 g/mol. The van der Waals surface area contributed by atoms with Crippen LogP contribution in [0.15, 0.2) is 0 Å². The highest BCUT2D eigenvalue weighted by atomic mass is 16.6. The van der Waals surface area contributed by atoms with Gasteiger partial charge in [0.05, 0.1) is 0 Å². The second-order valence-corrected chi connectivity index (χ2v) is 4.50. The zero-order valence-corrected chi connectivity index (χ0v) is 8.83. The van der Waals surface area contributed by atoms with E-state index in [-0.39, 0.29) is 6.04 Å². The van der Waals surface area contributed by atoms with E-state index in [2.05, 4.69) is 10.6 Å². The fraction of sp³-hybridized carbons (Fsp3) is 0.889. The Morgan fingerprint density at radius 1 is 1.57 bits per heavy atom. The summed E-state index contributed by atoms with van der Waals surface area (Å²) >= 11 is 0. The number of hydrogen-bond acceptors (Lipinski definition) is 4. The number of hydrogen-bond donors (Lipinski definition) is 3. The summed E-state index contributed by atoms with van der Waals surface area (Å²) in [4.78, 5) is 11.3. The molecule has 0 radical (unpaired) electrons. The molecule has 1 heterocycles. The lowest BCUT2D eigenvalue weighted by Gasteiger charge is -2.21. The number of nitrogens with one attached hydrogen (secondary N) is 2. The summed E-state index contributed by atoms with van der Waals surface area (Å²) in [6.07, 6.45) is -0.424. The number of ether oxygens (including phenoxy) is 1. The first kappa shape index (κ1) is 11.3. The highest BCUT2D eigenvalue weighted by Gasteiger charge is 2.25. The molecule has 0 spiro atoms. The summed E-state index contributed by atoms with van der Waals surface area (Å²) in [5.41, 5.74) is -0.477. The van der Waals surface area contributed by atoms with E-state index in [9.17, 15) is 4.79 Å². The Balaban J connectivity index is 2.27. The molecule has 14 heavy (non-hydrogen) atoms. The van der Waals surface area contributed by atoms with Crippen molar-refractivity contribution >= 4 is 6.09 Å². The summed E-state index contributed by atoms with van der Waals surface area (Å²) in [5.74, 6) is 0. The van der Waals surface area contributed by atoms with Crippen LogP contribution in [0.25, 0.3) is 0 Å². The number of rotatable bonds is 1. The van der Waals surface area contributed by atoms with Gasteiger partial charge in [-0.25, -0.2) is 4.79 Å². The molecule has 1 aliphatic heterocycles. The SMILES string of the molecule is CC(C)(C)OC(=O)N[C@H]1CNC(O)C1. The standard InChI is InChI=1S/C9H18N2O3/c1-9(2,3)14-8(13)11-6-4-7(12)10-5-6/h6-7,10,12H,4-5H2,1-3H3,(H,11,13)/t6-,7?/m1/s1. The van der Waals surface area contributed by atoms with Crippen molar-refractivity contribution in [1.29, 1.82) is 0 Å². The van der Waals surface area contributed by atoms with Crippen LogP contribution in [0.2, 0.25) is 0 Å². The Labute approximate surface area is 83.8 Å². The molecule has 5 nitrogen and oxygen atoms in total. The maximum atomic E-state index is 11.3. The van der Waals surface area contributed by atoms with Gasteiger partial charge in [-0.2, -0.15) is 0 Å². The molecule has 0 saturated carbocycles. The number of aliphatic hydroxyl groups is 1. The summed E-state index contributed by atoms with van der Waals surface area (Å²) in [6, 6.07) is -0.0418. The molecule has 1 amide bonds. The van der Waals surface area contributed by atoms with Gasteiger partial charge in [0, 0.05) is 19.0 Å². The summed E-state index contributed by atoms with van der Waals surface area (Å²) in [5, 5.41) is 14.6. The molecule has 1 fully saturated rings. The Morgan fingerprint density at radius 2 is 2.21 bits per heavy atom. The predicted octanol–water partition coefficient (Wildman–Crippen LogP) is 0.191. The minimum absolute atomic E-state index is 0.0418. The van der Waals surface area contributed by atoms with Gasteiger partial charge in [-0.1, -0.05) is 0 Å². The molecular weight excluding hydrogens is 184 g/mol. The molecule has 1 unspecified atom stereocenters. The Hall–Kier alpha value is -0.810. The van der Waals surface area contributed by atoms with Crippen molar-refractivity contribution in [3.8, 4) is 0 Å². The van der Waals surface area contributed by atoms with Crippen LogP contribution < -0.4 is 10.6 Å². The van der Waals surface area contributed by atoms with Crippen LogP contribution in [0.5, 0.6) is 0 Å². The maximum absolute atomic E-state index is 11.3. The van der Waals surface area contributed by atoms with Crippen LogP contribution in [0.1, 0.15) is 27.2 Å². The van der Waals surface area contributed by atoms with E-state index in [0.717, 1.165) is 0 Å². The molecule has 0 aromatic carbocycles. The topological polar surface area (TPSA) is 70.6 Å². The first-order valence-corrected chi connectivity index (χ1v) is 4.78. The van der Waals surface area contributed by atoms with Crippen LogP contribution >= 0.6 is 0 Å². The molecule has 1 saturated heterocycles. The number of aliphatic hydroxyl groups excluding tert-OH is 1. The third kappa shape index (κ3) is 3.93. The molecule has 2 atom stereocenters. The first-order chi connectivity index (χ1) is 6.37. The van der Waals surface area contributed by atoms with Gasteiger partial charge in [0.15, 0.2) is 0 Å². The molecule has 82 valence electrons. The maximum Gasteiger partial charge on any atom is 0.407 e. The van der Waals surface area contributed by atoms with E-state index in [1.165, 1.54) is 0 Å². The van der Waals surface area contributed by atoms with E-state index in [4.69, 9.17) is 9.84 Å². The fourth-order valence-electron chi connectivity index (χ4n) is 1.30. The molecule has 5 heteroatoms. The van der Waals surface area contributed by atoms with Crippen LogP contribution in [0.4, 0.5) is 4.79 Å². The molecule has 0 aromatic heterocycles. The minimum Gasteiger partial charge on any atom is -0.444 e. The monoisotopic (exact) mass is 202 g/mol. The Morgan fingerprint density at radius 3 is 2.64 bits per heavy atom. The van der Waals surface area contributed by atoms with Gasteiger partial charge in [0.1, 0.15) is 11.8 Å². The quantitative estimate of drug-likeness (QED) is 0.567. The Kier molecular flexibility index (Phi) is 3.34. The van der Waals surface area contributed by atoms with Gasteiger partial charge < -0.3 is 15.2 Å². The second-order valence-electron chi connectivity index (χ2n) is 4.50. The molecule has 0 aromatic rings. The van der Waals surface area contributed by atoms with Crippen molar-refractivity contribution in [3.63, 3.8) is 0 Å². The largest absolute Gasteiger partial charge is 0.444 e. The van der Waals surface area contributed by atoms with Crippen molar-refractivity contribution in [2.24, 2.45) is 0 Å². The van der Waals surface area contributed by atoms with Crippen molar-refractivity contribution in [3.05, 3.63) is 0 Å². The minimum atomic E-state index is -0.519. The lowest BCUT2D eigenvalue weighted by molar-refractivity contribution is 0.0505. The van der Waals surface area contributed by atoms with Gasteiger partial charge in [0.25, 0.3) is 0 Å². The fourth-order valence-corrected chi connectivity index (χ4v) is 1.30. The van der Waals surface area contributed by atoms with Crippen LogP contribution in [0.3, 0.4) is 0 Å². The number of carbonyl (C=O) groups excluding carboxylic acids is 1. The van der Waals surface area contributed by atoms with E-state index in [1.54, 1.807) is 0 Å². The molecule has 0 bridgehead atoms. The Bertz CT molecular complexity index is 213. The molecule has 3 N–H and O–H groups in total. The van der Waals surface area contributed by atoms with Crippen molar-refractivity contribution < 1.29 is 14.6 Å². The van der Waals surface area contributed by atoms with Gasteiger partial charge in [-0.05, 0) is 20.8 Å². The number of carbonyl (C=O) groups is 1. The molecular formula is C9H18N2O3. The summed E-state index contributed by atoms with van der Waals surface area (Å²) < 4.78 is 5.08. The van der Waals surface area contributed by atoms with Crippen LogP contribution in [-0.4, -0.2) is 35.6 Å². The lowest BCUT2D eigenvalue weighted by Crippen LogP contribution is -2.40. The van der Waals surface area contributed by atoms with Gasteiger partial charge in [-0.3, -0.25) is 5.32 Å². The second kappa shape index (κ2) is 4.14. The van der Waals surface area contributed by atoms with Crippen LogP contribution in [-0.2, 0) is 4.74 Å². The van der Waals surface area contributed by atoms with Gasteiger partial charge in [-0.15, -0.1) is 0 Å².